The van der Waals surface area contributed by atoms with Gasteiger partial charge in [0.1, 0.15) is 11.5 Å². The third kappa shape index (κ3) is 3.79. The molecule has 0 aliphatic heterocycles. The van der Waals surface area contributed by atoms with E-state index in [1.54, 1.807) is 19.2 Å². The van der Waals surface area contributed by atoms with Gasteiger partial charge >= 0.3 is 5.97 Å². The molecule has 0 saturated heterocycles. The molecule has 0 fully saturated rings. The molecular formula is C18H20O4. The van der Waals surface area contributed by atoms with E-state index in [2.05, 4.69) is 0 Å². The number of ether oxygens (including phenoxy) is 2. The number of carboxylic acids is 1. The van der Waals surface area contributed by atoms with Gasteiger partial charge < -0.3 is 14.6 Å². The van der Waals surface area contributed by atoms with Crippen LogP contribution in [0.2, 0.25) is 0 Å². The van der Waals surface area contributed by atoms with Gasteiger partial charge in [0.25, 0.3) is 0 Å². The van der Waals surface area contributed by atoms with Gasteiger partial charge in [-0.05, 0) is 37.1 Å². The van der Waals surface area contributed by atoms with Crippen molar-refractivity contribution in [3.63, 3.8) is 0 Å². The fourth-order valence-corrected chi connectivity index (χ4v) is 2.45. The molecular weight excluding hydrogens is 280 g/mol. The molecule has 0 aromatic heterocycles. The van der Waals surface area contributed by atoms with E-state index in [0.717, 1.165) is 11.3 Å². The van der Waals surface area contributed by atoms with Gasteiger partial charge in [0.05, 0.1) is 19.6 Å². The first kappa shape index (κ1) is 15.9. The topological polar surface area (TPSA) is 55.8 Å². The maximum absolute atomic E-state index is 11.7. The molecule has 0 bridgehead atoms. The molecule has 0 aliphatic carbocycles. The maximum Gasteiger partial charge on any atom is 0.311 e. The summed E-state index contributed by atoms with van der Waals surface area (Å²) < 4.78 is 10.8. The zero-order valence-electron chi connectivity index (χ0n) is 12.8. The van der Waals surface area contributed by atoms with Crippen LogP contribution in [0.4, 0.5) is 0 Å². The molecule has 0 saturated carbocycles. The van der Waals surface area contributed by atoms with Gasteiger partial charge in [-0.1, -0.05) is 30.3 Å². The van der Waals surface area contributed by atoms with Crippen LogP contribution in [0.3, 0.4) is 0 Å². The van der Waals surface area contributed by atoms with Crippen LogP contribution in [0.25, 0.3) is 0 Å². The summed E-state index contributed by atoms with van der Waals surface area (Å²) in [5.41, 5.74) is 1.60. The number of aliphatic carboxylic acids is 1. The van der Waals surface area contributed by atoms with Crippen LogP contribution < -0.4 is 9.47 Å². The molecule has 116 valence electrons. The zero-order valence-corrected chi connectivity index (χ0v) is 12.8. The van der Waals surface area contributed by atoms with Crippen LogP contribution in [0.5, 0.6) is 11.5 Å². The maximum atomic E-state index is 11.7. The zero-order chi connectivity index (χ0) is 15.9. The SMILES string of the molecule is CCOc1cccc(CC(C(=O)O)c2ccccc2OC)c1. The number of benzene rings is 2. The molecule has 22 heavy (non-hydrogen) atoms. The van der Waals surface area contributed by atoms with Gasteiger partial charge in [-0.2, -0.15) is 0 Å². The second-order valence-corrected chi connectivity index (χ2v) is 4.92. The normalized spacial score (nSPS) is 11.7. The molecule has 0 radical (unpaired) electrons. The molecule has 4 nitrogen and oxygen atoms in total. The highest BCUT2D eigenvalue weighted by atomic mass is 16.5. The molecule has 1 atom stereocenters. The summed E-state index contributed by atoms with van der Waals surface area (Å²) in [6.45, 7) is 2.50. The summed E-state index contributed by atoms with van der Waals surface area (Å²) in [4.78, 5) is 11.7. The lowest BCUT2D eigenvalue weighted by molar-refractivity contribution is -0.138. The summed E-state index contributed by atoms with van der Waals surface area (Å²) in [5, 5.41) is 9.59. The van der Waals surface area contributed by atoms with E-state index in [9.17, 15) is 9.90 Å². The van der Waals surface area contributed by atoms with Crippen molar-refractivity contribution in [1.29, 1.82) is 0 Å². The first-order valence-corrected chi connectivity index (χ1v) is 7.23. The monoisotopic (exact) mass is 300 g/mol. The quantitative estimate of drug-likeness (QED) is 0.850. The molecule has 2 rings (SSSR count). The fourth-order valence-electron chi connectivity index (χ4n) is 2.45. The molecule has 0 amide bonds. The van der Waals surface area contributed by atoms with Gasteiger partial charge in [-0.3, -0.25) is 4.79 Å². The Labute approximate surface area is 130 Å². The van der Waals surface area contributed by atoms with Crippen LogP contribution in [0, 0.1) is 0 Å². The standard InChI is InChI=1S/C18H20O4/c1-3-22-14-8-6-7-13(11-14)12-16(18(19)20)15-9-4-5-10-17(15)21-2/h4-11,16H,3,12H2,1-2H3,(H,19,20). The van der Waals surface area contributed by atoms with E-state index in [0.29, 0.717) is 24.3 Å². The highest BCUT2D eigenvalue weighted by Gasteiger charge is 2.23. The minimum atomic E-state index is -0.869. The molecule has 1 N–H and O–H groups in total. The van der Waals surface area contributed by atoms with Crippen molar-refractivity contribution in [2.45, 2.75) is 19.3 Å². The van der Waals surface area contributed by atoms with Gasteiger partial charge in [-0.15, -0.1) is 0 Å². The van der Waals surface area contributed by atoms with Crippen molar-refractivity contribution in [3.05, 3.63) is 59.7 Å². The third-order valence-electron chi connectivity index (χ3n) is 3.46. The predicted octanol–water partition coefficient (Wildman–Crippen LogP) is 3.50. The van der Waals surface area contributed by atoms with Crippen molar-refractivity contribution in [2.24, 2.45) is 0 Å². The van der Waals surface area contributed by atoms with Crippen molar-refractivity contribution in [1.82, 2.24) is 0 Å². The molecule has 2 aromatic rings. The van der Waals surface area contributed by atoms with Gasteiger partial charge in [-0.25, -0.2) is 0 Å². The molecule has 2 aromatic carbocycles. The second kappa shape index (κ2) is 7.50. The highest BCUT2D eigenvalue weighted by Crippen LogP contribution is 2.30. The van der Waals surface area contributed by atoms with Crippen LogP contribution >= 0.6 is 0 Å². The number of methoxy groups -OCH3 is 1. The van der Waals surface area contributed by atoms with Gasteiger partial charge in [0.2, 0.25) is 0 Å². The Morgan fingerprint density at radius 1 is 1.18 bits per heavy atom. The third-order valence-corrected chi connectivity index (χ3v) is 3.46. The Morgan fingerprint density at radius 3 is 2.64 bits per heavy atom. The smallest absolute Gasteiger partial charge is 0.311 e. The van der Waals surface area contributed by atoms with E-state index in [1.807, 2.05) is 43.3 Å². The Balaban J connectivity index is 2.29. The van der Waals surface area contributed by atoms with E-state index >= 15 is 0 Å². The van der Waals surface area contributed by atoms with E-state index in [-0.39, 0.29) is 0 Å². The number of rotatable bonds is 7. The first-order valence-electron chi connectivity index (χ1n) is 7.23. The van der Waals surface area contributed by atoms with Crippen molar-refractivity contribution in [2.75, 3.05) is 13.7 Å². The van der Waals surface area contributed by atoms with Crippen molar-refractivity contribution in [3.8, 4) is 11.5 Å². The summed E-state index contributed by atoms with van der Waals surface area (Å²) in [7, 11) is 1.55. The Bertz CT molecular complexity index is 636. The van der Waals surface area contributed by atoms with Gasteiger partial charge in [0.15, 0.2) is 0 Å². The largest absolute Gasteiger partial charge is 0.496 e. The van der Waals surface area contributed by atoms with Crippen molar-refractivity contribution < 1.29 is 19.4 Å². The van der Waals surface area contributed by atoms with Crippen LogP contribution in [0.1, 0.15) is 24.0 Å². The Morgan fingerprint density at radius 2 is 1.95 bits per heavy atom. The van der Waals surface area contributed by atoms with Crippen LogP contribution in [-0.2, 0) is 11.2 Å². The lowest BCUT2D eigenvalue weighted by atomic mass is 9.91. The number of hydrogen-bond acceptors (Lipinski definition) is 3. The molecule has 0 heterocycles. The van der Waals surface area contributed by atoms with Crippen LogP contribution in [-0.4, -0.2) is 24.8 Å². The van der Waals surface area contributed by atoms with Crippen LogP contribution in [0.15, 0.2) is 48.5 Å². The lowest BCUT2D eigenvalue weighted by Gasteiger charge is -2.16. The Kier molecular flexibility index (Phi) is 5.42. The average Bonchev–Trinajstić information content (AvgIpc) is 2.53. The second-order valence-electron chi connectivity index (χ2n) is 4.92. The van der Waals surface area contributed by atoms with E-state index in [4.69, 9.17) is 9.47 Å². The highest BCUT2D eigenvalue weighted by molar-refractivity contribution is 5.77. The minimum absolute atomic E-state index is 0.386. The number of hydrogen-bond donors (Lipinski definition) is 1. The number of carboxylic acid groups (broad SMARTS) is 1. The summed E-state index contributed by atoms with van der Waals surface area (Å²) >= 11 is 0. The molecule has 4 heteroatoms. The summed E-state index contributed by atoms with van der Waals surface area (Å²) in [6.07, 6.45) is 0.386. The summed E-state index contributed by atoms with van der Waals surface area (Å²) in [5.74, 6) is -0.181. The average molecular weight is 300 g/mol. The Hall–Kier alpha value is -2.49. The lowest BCUT2D eigenvalue weighted by Crippen LogP contribution is -2.15. The molecule has 0 aliphatic rings. The number of carbonyl (C=O) groups is 1. The van der Waals surface area contributed by atoms with E-state index in [1.165, 1.54) is 0 Å². The first-order chi connectivity index (χ1) is 10.7. The number of para-hydroxylation sites is 1. The fraction of sp³-hybridized carbons (Fsp3) is 0.278. The molecule has 1 unspecified atom stereocenters. The molecule has 0 spiro atoms. The van der Waals surface area contributed by atoms with Gasteiger partial charge in [0, 0.05) is 5.56 Å². The minimum Gasteiger partial charge on any atom is -0.496 e. The predicted molar refractivity (Wildman–Crippen MR) is 84.7 cm³/mol. The van der Waals surface area contributed by atoms with Crippen molar-refractivity contribution >= 4 is 5.97 Å². The van der Waals surface area contributed by atoms with E-state index < -0.39 is 11.9 Å². The summed E-state index contributed by atoms with van der Waals surface area (Å²) in [6, 6.07) is 14.8.